The Hall–Kier alpha value is -4.32. The van der Waals surface area contributed by atoms with Crippen molar-refractivity contribution < 1.29 is 14.3 Å². The van der Waals surface area contributed by atoms with Crippen LogP contribution in [0, 0.1) is 6.92 Å². The molecular formula is C35H43N3O3. The number of ketones is 1. The van der Waals surface area contributed by atoms with Gasteiger partial charge in [-0.25, -0.2) is 4.99 Å². The molecule has 0 saturated heterocycles. The van der Waals surface area contributed by atoms with E-state index in [1.807, 2.05) is 55.5 Å². The second-order valence-electron chi connectivity index (χ2n) is 9.62. The number of ether oxygens (including phenoxy) is 1. The summed E-state index contributed by atoms with van der Waals surface area (Å²) in [6.07, 6.45) is 6.07. The van der Waals surface area contributed by atoms with Crippen LogP contribution in [0.15, 0.2) is 82.8 Å². The standard InChI is InChI=1S/C21H26N2O2.C14H17NO/c1-6-16-9-8-10-18(12-16)21(24)23-15(4)22-19-13-17(7-2)20(25-5)11-14(19)3;1-4-12-6-5-7-13(10-12)14(15-3)9-8-11(2)16/h8-13H,6-7H2,1-5H3,(H,22,23,24);5-10H,4H2,1-3H3/b;9-8-,15-14?. The molecule has 0 aliphatic carbocycles. The normalized spacial score (nSPS) is 11.6. The highest BCUT2D eigenvalue weighted by atomic mass is 16.5. The molecule has 0 heterocycles. The monoisotopic (exact) mass is 553 g/mol. The van der Waals surface area contributed by atoms with Gasteiger partial charge in [-0.3, -0.25) is 14.6 Å². The van der Waals surface area contributed by atoms with Crippen molar-refractivity contribution in [2.24, 2.45) is 9.98 Å². The summed E-state index contributed by atoms with van der Waals surface area (Å²) in [5.41, 5.74) is 7.91. The van der Waals surface area contributed by atoms with Gasteiger partial charge in [-0.05, 0) is 110 Å². The van der Waals surface area contributed by atoms with Crippen LogP contribution < -0.4 is 10.1 Å². The first-order valence-electron chi connectivity index (χ1n) is 14.0. The molecule has 0 bridgehead atoms. The van der Waals surface area contributed by atoms with E-state index >= 15 is 0 Å². The highest BCUT2D eigenvalue weighted by Crippen LogP contribution is 2.29. The Morgan fingerprint density at radius 1 is 0.854 bits per heavy atom. The van der Waals surface area contributed by atoms with Crippen LogP contribution in [0.25, 0.3) is 0 Å². The average Bonchev–Trinajstić information content (AvgIpc) is 2.98. The fraction of sp³-hybridized carbons (Fsp3) is 0.314. The number of nitrogens with one attached hydrogen (secondary N) is 1. The van der Waals surface area contributed by atoms with Gasteiger partial charge in [0.1, 0.15) is 11.6 Å². The number of allylic oxidation sites excluding steroid dienone is 2. The predicted octanol–water partition coefficient (Wildman–Crippen LogP) is 7.42. The van der Waals surface area contributed by atoms with Crippen LogP contribution in [-0.2, 0) is 24.1 Å². The van der Waals surface area contributed by atoms with Gasteiger partial charge in [-0.2, -0.15) is 0 Å². The number of carbonyl (C=O) groups excluding carboxylic acids is 2. The van der Waals surface area contributed by atoms with Crippen LogP contribution in [0.1, 0.15) is 72.8 Å². The zero-order chi connectivity index (χ0) is 30.4. The zero-order valence-corrected chi connectivity index (χ0v) is 25.7. The first-order valence-corrected chi connectivity index (χ1v) is 14.0. The molecule has 3 aromatic carbocycles. The molecule has 1 amide bonds. The molecule has 6 heteroatoms. The topological polar surface area (TPSA) is 80.1 Å². The summed E-state index contributed by atoms with van der Waals surface area (Å²) < 4.78 is 5.40. The van der Waals surface area contributed by atoms with Crippen LogP contribution in [0.2, 0.25) is 0 Å². The second kappa shape index (κ2) is 16.7. The lowest BCUT2D eigenvalue weighted by molar-refractivity contribution is -0.112. The first-order chi connectivity index (χ1) is 19.6. The van der Waals surface area contributed by atoms with Crippen molar-refractivity contribution in [3.8, 4) is 5.75 Å². The summed E-state index contributed by atoms with van der Waals surface area (Å²) in [5.74, 6) is 1.34. The quantitative estimate of drug-likeness (QED) is 0.170. The number of methoxy groups -OCH3 is 1. The molecule has 0 aromatic heterocycles. The molecule has 1 N–H and O–H groups in total. The van der Waals surface area contributed by atoms with E-state index in [4.69, 9.17) is 4.74 Å². The lowest BCUT2D eigenvalue weighted by Gasteiger charge is -2.11. The van der Waals surface area contributed by atoms with Crippen molar-refractivity contribution in [3.63, 3.8) is 0 Å². The fourth-order valence-electron chi connectivity index (χ4n) is 4.12. The SMILES string of the molecule is CCc1cccc(C(/C=C\C(C)=O)=NC)c1.CCc1cccc(C(=O)NC(C)=Nc2cc(CC)c(OC)cc2C)c1. The fourth-order valence-corrected chi connectivity index (χ4v) is 4.12. The average molecular weight is 554 g/mol. The van der Waals surface area contributed by atoms with E-state index in [2.05, 4.69) is 48.2 Å². The van der Waals surface area contributed by atoms with E-state index in [0.717, 1.165) is 58.7 Å². The number of benzene rings is 3. The Balaban J connectivity index is 0.000000317. The van der Waals surface area contributed by atoms with Gasteiger partial charge in [0.25, 0.3) is 5.91 Å². The number of aliphatic imine (C=N–C) groups is 2. The number of amides is 1. The predicted molar refractivity (Wildman–Crippen MR) is 171 cm³/mol. The summed E-state index contributed by atoms with van der Waals surface area (Å²) in [7, 11) is 3.41. The van der Waals surface area contributed by atoms with Crippen molar-refractivity contribution in [1.29, 1.82) is 0 Å². The molecule has 0 saturated carbocycles. The number of carbonyl (C=O) groups is 2. The molecule has 0 radical (unpaired) electrons. The highest BCUT2D eigenvalue weighted by molar-refractivity contribution is 6.11. The molecule has 0 atom stereocenters. The van der Waals surface area contributed by atoms with Crippen molar-refractivity contribution in [3.05, 3.63) is 106 Å². The molecule has 6 nitrogen and oxygen atoms in total. The first kappa shape index (κ1) is 32.9. The van der Waals surface area contributed by atoms with E-state index in [-0.39, 0.29) is 11.7 Å². The van der Waals surface area contributed by atoms with Gasteiger partial charge in [0.15, 0.2) is 5.78 Å². The van der Waals surface area contributed by atoms with Crippen molar-refractivity contribution in [2.45, 2.75) is 60.8 Å². The number of hydrogen-bond donors (Lipinski definition) is 1. The molecule has 0 aliphatic rings. The van der Waals surface area contributed by atoms with Gasteiger partial charge in [0.05, 0.1) is 18.5 Å². The van der Waals surface area contributed by atoms with Crippen LogP contribution in [0.5, 0.6) is 5.75 Å². The summed E-state index contributed by atoms with van der Waals surface area (Å²) >= 11 is 0. The lowest BCUT2D eigenvalue weighted by atomic mass is 10.0. The molecule has 216 valence electrons. The third kappa shape index (κ3) is 10.3. The van der Waals surface area contributed by atoms with Gasteiger partial charge >= 0.3 is 0 Å². The zero-order valence-electron chi connectivity index (χ0n) is 25.7. The lowest BCUT2D eigenvalue weighted by Crippen LogP contribution is -2.28. The second-order valence-corrected chi connectivity index (χ2v) is 9.62. The van der Waals surface area contributed by atoms with Gasteiger partial charge in [-0.15, -0.1) is 0 Å². The minimum Gasteiger partial charge on any atom is -0.496 e. The minimum atomic E-state index is -0.140. The van der Waals surface area contributed by atoms with Crippen molar-refractivity contribution >= 4 is 28.9 Å². The largest absolute Gasteiger partial charge is 0.496 e. The van der Waals surface area contributed by atoms with Gasteiger partial charge in [0, 0.05) is 12.6 Å². The summed E-state index contributed by atoms with van der Waals surface area (Å²) in [6.45, 7) is 11.6. The summed E-state index contributed by atoms with van der Waals surface area (Å²) in [6, 6.07) is 19.9. The molecule has 3 rings (SSSR count). The highest BCUT2D eigenvalue weighted by Gasteiger charge is 2.09. The molecule has 0 aliphatic heterocycles. The minimum absolute atomic E-state index is 0.0350. The van der Waals surface area contributed by atoms with E-state index in [9.17, 15) is 9.59 Å². The summed E-state index contributed by atoms with van der Waals surface area (Å²) in [5, 5.41) is 2.87. The molecule has 0 fully saturated rings. The molecule has 0 unspecified atom stereocenters. The number of hydrogen-bond acceptors (Lipinski definition) is 5. The number of nitrogens with zero attached hydrogens (tertiary/aromatic N) is 2. The number of aryl methyl sites for hydroxylation is 4. The maximum Gasteiger partial charge on any atom is 0.256 e. The molecule has 3 aromatic rings. The van der Waals surface area contributed by atoms with Gasteiger partial charge in [-0.1, -0.05) is 51.1 Å². The third-order valence-electron chi connectivity index (χ3n) is 6.51. The molecule has 41 heavy (non-hydrogen) atoms. The van der Waals surface area contributed by atoms with Gasteiger partial charge < -0.3 is 10.1 Å². The maximum absolute atomic E-state index is 12.4. The number of rotatable bonds is 9. The Kier molecular flexibility index (Phi) is 13.4. The van der Waals surface area contributed by atoms with E-state index in [1.165, 1.54) is 12.5 Å². The Labute approximate surface area is 245 Å². The van der Waals surface area contributed by atoms with E-state index < -0.39 is 0 Å². The third-order valence-corrected chi connectivity index (χ3v) is 6.51. The van der Waals surface area contributed by atoms with Crippen LogP contribution in [0.4, 0.5) is 5.69 Å². The Bertz CT molecular complexity index is 1430. The number of amidine groups is 1. The Morgan fingerprint density at radius 2 is 1.46 bits per heavy atom. The summed E-state index contributed by atoms with van der Waals surface area (Å²) in [4.78, 5) is 32.0. The van der Waals surface area contributed by atoms with Crippen molar-refractivity contribution in [2.75, 3.05) is 14.2 Å². The Morgan fingerprint density at radius 3 is 2.00 bits per heavy atom. The van der Waals surface area contributed by atoms with Gasteiger partial charge in [0.2, 0.25) is 0 Å². The smallest absolute Gasteiger partial charge is 0.256 e. The van der Waals surface area contributed by atoms with E-state index in [1.54, 1.807) is 33.2 Å². The molecular weight excluding hydrogens is 510 g/mol. The van der Waals surface area contributed by atoms with Crippen molar-refractivity contribution in [1.82, 2.24) is 5.32 Å². The molecule has 0 spiro atoms. The maximum atomic E-state index is 12.4. The van der Waals surface area contributed by atoms with E-state index in [0.29, 0.717) is 11.4 Å². The van der Waals surface area contributed by atoms with Crippen LogP contribution >= 0.6 is 0 Å². The van der Waals surface area contributed by atoms with Crippen LogP contribution in [-0.4, -0.2) is 37.4 Å². The van der Waals surface area contributed by atoms with Crippen LogP contribution in [0.3, 0.4) is 0 Å².